The number of aromatic nitrogens is 6. The lowest BCUT2D eigenvalue weighted by Crippen LogP contribution is -2.47. The zero-order valence-electron chi connectivity index (χ0n) is 17.6. The third-order valence-corrected chi connectivity index (χ3v) is 5.81. The number of imide groups is 1. The molecular formula is C21H16N8O5. The predicted octanol–water partition coefficient (Wildman–Crippen LogP) is 1.41. The number of furan rings is 1. The molecule has 170 valence electrons. The third-order valence-electron chi connectivity index (χ3n) is 5.81. The van der Waals surface area contributed by atoms with E-state index in [-0.39, 0.29) is 23.9 Å². The monoisotopic (exact) mass is 460 g/mol. The summed E-state index contributed by atoms with van der Waals surface area (Å²) in [5.74, 6) is 0.361. The molecular weight excluding hydrogens is 444 g/mol. The van der Waals surface area contributed by atoms with Crippen LogP contribution >= 0.6 is 0 Å². The number of methoxy groups -OCH3 is 1. The number of ether oxygens (including phenoxy) is 1. The van der Waals surface area contributed by atoms with Crippen LogP contribution in [0.2, 0.25) is 0 Å². The van der Waals surface area contributed by atoms with Crippen molar-refractivity contribution in [3.63, 3.8) is 0 Å². The minimum Gasteiger partial charge on any atom is -0.497 e. The summed E-state index contributed by atoms with van der Waals surface area (Å²) in [6, 6.07) is 7.90. The first-order valence-electron chi connectivity index (χ1n) is 10.1. The summed E-state index contributed by atoms with van der Waals surface area (Å²) >= 11 is 0. The second kappa shape index (κ2) is 7.03. The van der Waals surface area contributed by atoms with Crippen LogP contribution in [0.4, 0.5) is 4.79 Å². The number of aromatic hydroxyl groups is 1. The lowest BCUT2D eigenvalue weighted by Gasteiger charge is -2.24. The summed E-state index contributed by atoms with van der Waals surface area (Å²) in [7, 11) is 1.53. The Kier molecular flexibility index (Phi) is 4.08. The van der Waals surface area contributed by atoms with E-state index in [1.807, 2.05) is 0 Å². The van der Waals surface area contributed by atoms with Crippen molar-refractivity contribution in [2.45, 2.75) is 12.1 Å². The van der Waals surface area contributed by atoms with Crippen LogP contribution in [0, 0.1) is 0 Å². The highest BCUT2D eigenvalue weighted by Gasteiger charge is 2.51. The zero-order valence-corrected chi connectivity index (χ0v) is 17.6. The molecule has 1 aromatic carbocycles. The van der Waals surface area contributed by atoms with Gasteiger partial charge in [-0.1, -0.05) is 0 Å². The highest BCUT2D eigenvalue weighted by molar-refractivity contribution is 6.07. The molecule has 5 aromatic rings. The number of benzene rings is 1. The molecule has 5 heterocycles. The maximum absolute atomic E-state index is 13.0. The number of carbonyl (C=O) groups is 2. The van der Waals surface area contributed by atoms with Gasteiger partial charge in [0.1, 0.15) is 11.5 Å². The number of fused-ring (bicyclic) bond motifs is 2. The molecule has 1 saturated heterocycles. The van der Waals surface area contributed by atoms with Gasteiger partial charge in [0.15, 0.2) is 11.4 Å². The molecule has 0 aliphatic carbocycles. The SMILES string of the molecule is COc1ccc2cn(C[C@@]3(c4cc5cc(-c6nn[nH]n6)cnc5o4)NC(=O)NC3=O)c(O)c2c1. The Morgan fingerprint density at radius 3 is 2.82 bits per heavy atom. The van der Waals surface area contributed by atoms with Crippen LogP contribution in [0.25, 0.3) is 33.3 Å². The summed E-state index contributed by atoms with van der Waals surface area (Å²) < 4.78 is 12.6. The number of carbonyl (C=O) groups excluding carboxylic acids is 2. The number of nitrogens with one attached hydrogen (secondary N) is 3. The van der Waals surface area contributed by atoms with Crippen LogP contribution in [0.3, 0.4) is 0 Å². The molecule has 13 nitrogen and oxygen atoms in total. The Morgan fingerprint density at radius 1 is 1.21 bits per heavy atom. The second-order valence-corrected chi connectivity index (χ2v) is 7.81. The molecule has 13 heteroatoms. The number of urea groups is 1. The van der Waals surface area contributed by atoms with Gasteiger partial charge in [0.2, 0.25) is 11.5 Å². The van der Waals surface area contributed by atoms with Crippen LogP contribution in [0.15, 0.2) is 47.1 Å². The molecule has 0 spiro atoms. The van der Waals surface area contributed by atoms with Crippen molar-refractivity contribution in [2.75, 3.05) is 7.11 Å². The highest BCUT2D eigenvalue weighted by atomic mass is 16.5. The Bertz CT molecular complexity index is 1590. The molecule has 0 bridgehead atoms. The van der Waals surface area contributed by atoms with Gasteiger partial charge in [0, 0.05) is 34.1 Å². The molecule has 4 N–H and O–H groups in total. The molecule has 1 aliphatic rings. The molecule has 3 amide bonds. The minimum atomic E-state index is -1.62. The van der Waals surface area contributed by atoms with Gasteiger partial charge < -0.3 is 24.1 Å². The first kappa shape index (κ1) is 19.7. The van der Waals surface area contributed by atoms with Crippen LogP contribution in [-0.2, 0) is 16.9 Å². The number of aromatic amines is 1. The standard InChI is InChI=1S/C21H16N8O5/c1-33-13-3-2-10-8-29(18(30)14(10)6-13)9-21(19(31)23-20(32)24-21)15-5-11-4-12(7-22-17(11)34-15)16-25-27-28-26-16/h2-8,30H,9H2,1H3,(H2,23,24,31,32)(H,25,26,27,28)/t21-/m0/s1. The first-order chi connectivity index (χ1) is 16.5. The van der Waals surface area contributed by atoms with Gasteiger partial charge in [0.05, 0.1) is 13.7 Å². The van der Waals surface area contributed by atoms with Gasteiger partial charge >= 0.3 is 6.03 Å². The van der Waals surface area contributed by atoms with Gasteiger partial charge in [-0.05, 0) is 35.5 Å². The van der Waals surface area contributed by atoms with Gasteiger partial charge in [-0.2, -0.15) is 5.21 Å². The molecule has 0 radical (unpaired) electrons. The molecule has 34 heavy (non-hydrogen) atoms. The van der Waals surface area contributed by atoms with E-state index >= 15 is 0 Å². The van der Waals surface area contributed by atoms with Crippen molar-refractivity contribution in [3.05, 3.63) is 48.5 Å². The van der Waals surface area contributed by atoms with Crippen molar-refractivity contribution in [1.29, 1.82) is 0 Å². The van der Waals surface area contributed by atoms with Crippen molar-refractivity contribution in [2.24, 2.45) is 0 Å². The summed E-state index contributed by atoms with van der Waals surface area (Å²) in [6.45, 7) is -0.134. The number of H-pyrrole nitrogens is 1. The Labute approximate surface area is 189 Å². The largest absolute Gasteiger partial charge is 0.497 e. The number of rotatable bonds is 5. The fraction of sp³-hybridized carbons (Fsp3) is 0.143. The van der Waals surface area contributed by atoms with E-state index in [1.165, 1.54) is 17.9 Å². The van der Waals surface area contributed by atoms with Crippen molar-refractivity contribution < 1.29 is 23.8 Å². The number of hydrogen-bond donors (Lipinski definition) is 4. The smallest absolute Gasteiger partial charge is 0.322 e. The van der Waals surface area contributed by atoms with E-state index in [1.54, 1.807) is 36.5 Å². The number of amides is 3. The summed E-state index contributed by atoms with van der Waals surface area (Å²) in [5.41, 5.74) is -0.784. The molecule has 0 unspecified atom stereocenters. The first-order valence-corrected chi connectivity index (χ1v) is 10.1. The van der Waals surface area contributed by atoms with Crippen LogP contribution in [0.5, 0.6) is 11.6 Å². The summed E-state index contributed by atoms with van der Waals surface area (Å²) in [6.07, 6.45) is 3.19. The van der Waals surface area contributed by atoms with Crippen LogP contribution in [0.1, 0.15) is 5.76 Å². The van der Waals surface area contributed by atoms with E-state index in [2.05, 4.69) is 36.2 Å². The number of tetrazole rings is 1. The zero-order chi connectivity index (χ0) is 23.4. The minimum absolute atomic E-state index is 0.0872. The van der Waals surface area contributed by atoms with E-state index in [9.17, 15) is 14.7 Å². The Balaban J connectivity index is 1.46. The average Bonchev–Trinajstić information content (AvgIpc) is 3.61. The molecule has 4 aromatic heterocycles. The van der Waals surface area contributed by atoms with E-state index < -0.39 is 17.5 Å². The molecule has 6 rings (SSSR count). The highest BCUT2D eigenvalue weighted by Crippen LogP contribution is 2.36. The number of hydrogen-bond acceptors (Lipinski definition) is 9. The maximum Gasteiger partial charge on any atom is 0.322 e. The lowest BCUT2D eigenvalue weighted by atomic mass is 9.96. The Hall–Kier alpha value is -4.94. The van der Waals surface area contributed by atoms with E-state index in [4.69, 9.17) is 9.15 Å². The van der Waals surface area contributed by atoms with E-state index in [0.29, 0.717) is 27.9 Å². The van der Waals surface area contributed by atoms with Gasteiger partial charge in [-0.25, -0.2) is 9.78 Å². The van der Waals surface area contributed by atoms with Crippen LogP contribution < -0.4 is 15.4 Å². The molecule has 0 saturated carbocycles. The predicted molar refractivity (Wildman–Crippen MR) is 116 cm³/mol. The van der Waals surface area contributed by atoms with Crippen molar-refractivity contribution in [1.82, 2.24) is 40.8 Å². The average molecular weight is 460 g/mol. The fourth-order valence-electron chi connectivity index (χ4n) is 4.13. The number of nitrogens with zero attached hydrogens (tertiary/aromatic N) is 5. The summed E-state index contributed by atoms with van der Waals surface area (Å²) in [5, 5.41) is 31.4. The molecule has 1 atom stereocenters. The second-order valence-electron chi connectivity index (χ2n) is 7.81. The van der Waals surface area contributed by atoms with Gasteiger partial charge in [-0.3, -0.25) is 10.1 Å². The summed E-state index contributed by atoms with van der Waals surface area (Å²) in [4.78, 5) is 29.5. The normalized spacial score (nSPS) is 17.9. The topological polar surface area (TPSA) is 173 Å². The van der Waals surface area contributed by atoms with Crippen molar-refractivity contribution >= 4 is 33.8 Å². The lowest BCUT2D eigenvalue weighted by molar-refractivity contribution is -0.125. The van der Waals surface area contributed by atoms with Gasteiger partial charge in [-0.15, -0.1) is 10.2 Å². The van der Waals surface area contributed by atoms with E-state index in [0.717, 1.165) is 5.39 Å². The third kappa shape index (κ3) is 2.87. The maximum atomic E-state index is 13.0. The van der Waals surface area contributed by atoms with Gasteiger partial charge in [0.25, 0.3) is 5.91 Å². The molecule has 1 aliphatic heterocycles. The van der Waals surface area contributed by atoms with Crippen molar-refractivity contribution in [3.8, 4) is 23.0 Å². The Morgan fingerprint density at radius 2 is 2.09 bits per heavy atom. The fourth-order valence-corrected chi connectivity index (χ4v) is 4.13. The number of pyridine rings is 1. The van der Waals surface area contributed by atoms with Crippen LogP contribution in [-0.4, -0.2) is 54.3 Å². The molecule has 1 fully saturated rings. The quantitative estimate of drug-likeness (QED) is 0.283.